The van der Waals surface area contributed by atoms with Crippen molar-refractivity contribution < 1.29 is 29.6 Å². The lowest BCUT2D eigenvalue weighted by atomic mass is 9.93. The van der Waals surface area contributed by atoms with Crippen molar-refractivity contribution in [2.24, 2.45) is 0 Å². The normalized spacial score (nSPS) is 24.6. The molecule has 4 atom stereocenters. The Kier molecular flexibility index (Phi) is 6.64. The summed E-state index contributed by atoms with van der Waals surface area (Å²) in [6.45, 7) is 0.140. The summed E-state index contributed by atoms with van der Waals surface area (Å²) in [5, 5.41) is 32.0. The van der Waals surface area contributed by atoms with E-state index in [-0.39, 0.29) is 18.9 Å². The number of carbonyl (C=O) groups excluding carboxylic acids is 1. The van der Waals surface area contributed by atoms with E-state index >= 15 is 0 Å². The van der Waals surface area contributed by atoms with Crippen LogP contribution >= 0.6 is 0 Å². The number of amides is 1. The summed E-state index contributed by atoms with van der Waals surface area (Å²) in [6, 6.07) is 14.2. The topological polar surface area (TPSA) is 108 Å². The maximum atomic E-state index is 11.5. The molecule has 1 saturated heterocycles. The van der Waals surface area contributed by atoms with Gasteiger partial charge in [-0.2, -0.15) is 0 Å². The summed E-state index contributed by atoms with van der Waals surface area (Å²) in [4.78, 5) is 11.5. The van der Waals surface area contributed by atoms with Crippen LogP contribution in [0.1, 0.15) is 34.0 Å². The van der Waals surface area contributed by atoms with Gasteiger partial charge in [-0.25, -0.2) is 0 Å². The lowest BCUT2D eigenvalue weighted by Crippen LogP contribution is -2.44. The number of aliphatic hydroxyl groups is 3. The third kappa shape index (κ3) is 4.69. The highest BCUT2D eigenvalue weighted by atomic mass is 16.5. The molecule has 1 heterocycles. The van der Waals surface area contributed by atoms with Gasteiger partial charge in [0.1, 0.15) is 24.6 Å². The fourth-order valence-corrected chi connectivity index (χ4v) is 3.16. The summed E-state index contributed by atoms with van der Waals surface area (Å²) < 4.78 is 11.4. The summed E-state index contributed by atoms with van der Waals surface area (Å²) in [7, 11) is 1.59. The van der Waals surface area contributed by atoms with Gasteiger partial charge >= 0.3 is 0 Å². The van der Waals surface area contributed by atoms with Gasteiger partial charge in [0.2, 0.25) is 0 Å². The first-order chi connectivity index (χ1) is 13.5. The standard InChI is InChI=1S/C21H25NO6/c1-22-21(26)15-4-2-13(3-5-15)12-27-16-8-6-14(7-9-16)20-19(25)18(24)10-17(11-23)28-20/h2-9,17-20,23-25H,10-12H2,1H3,(H,22,26)/t17?,18?,19?,20-/m1/s1. The third-order valence-electron chi connectivity index (χ3n) is 4.81. The van der Waals surface area contributed by atoms with Crippen LogP contribution in [0.5, 0.6) is 5.75 Å². The zero-order chi connectivity index (χ0) is 20.1. The van der Waals surface area contributed by atoms with E-state index in [1.54, 1.807) is 43.4 Å². The van der Waals surface area contributed by atoms with Crippen molar-refractivity contribution in [1.29, 1.82) is 0 Å². The van der Waals surface area contributed by atoms with Crippen LogP contribution in [0.3, 0.4) is 0 Å². The summed E-state index contributed by atoms with van der Waals surface area (Å²) in [5.41, 5.74) is 2.22. The molecular weight excluding hydrogens is 362 g/mol. The molecule has 1 fully saturated rings. The van der Waals surface area contributed by atoms with Crippen LogP contribution in [0.2, 0.25) is 0 Å². The van der Waals surface area contributed by atoms with Gasteiger partial charge in [-0.1, -0.05) is 24.3 Å². The minimum Gasteiger partial charge on any atom is -0.489 e. The quantitative estimate of drug-likeness (QED) is 0.593. The Balaban J connectivity index is 1.60. The van der Waals surface area contributed by atoms with Crippen LogP contribution in [0.25, 0.3) is 0 Å². The number of hydrogen-bond donors (Lipinski definition) is 4. The molecule has 7 heteroatoms. The highest BCUT2D eigenvalue weighted by molar-refractivity contribution is 5.93. The Hall–Kier alpha value is -2.45. The molecule has 150 valence electrons. The smallest absolute Gasteiger partial charge is 0.251 e. The predicted molar refractivity (Wildman–Crippen MR) is 102 cm³/mol. The molecule has 3 rings (SSSR count). The minimum absolute atomic E-state index is 0.135. The van der Waals surface area contributed by atoms with Crippen molar-refractivity contribution in [3.63, 3.8) is 0 Å². The average Bonchev–Trinajstić information content (AvgIpc) is 2.74. The fraction of sp³-hybridized carbons (Fsp3) is 0.381. The average molecular weight is 387 g/mol. The summed E-state index contributed by atoms with van der Waals surface area (Å²) in [5.74, 6) is 0.507. The number of benzene rings is 2. The van der Waals surface area contributed by atoms with Crippen LogP contribution in [0.15, 0.2) is 48.5 Å². The van der Waals surface area contributed by atoms with E-state index in [4.69, 9.17) is 9.47 Å². The molecule has 2 aromatic rings. The monoisotopic (exact) mass is 387 g/mol. The molecule has 0 saturated carbocycles. The summed E-state index contributed by atoms with van der Waals surface area (Å²) >= 11 is 0. The van der Waals surface area contributed by atoms with E-state index in [2.05, 4.69) is 5.32 Å². The minimum atomic E-state index is -1.05. The molecular formula is C21H25NO6. The Bertz CT molecular complexity index is 776. The highest BCUT2D eigenvalue weighted by Crippen LogP contribution is 2.32. The molecule has 0 aliphatic carbocycles. The van der Waals surface area contributed by atoms with Crippen LogP contribution < -0.4 is 10.1 Å². The second kappa shape index (κ2) is 9.16. The molecule has 4 N–H and O–H groups in total. The largest absolute Gasteiger partial charge is 0.489 e. The lowest BCUT2D eigenvalue weighted by molar-refractivity contribution is -0.179. The van der Waals surface area contributed by atoms with Gasteiger partial charge in [0, 0.05) is 19.0 Å². The van der Waals surface area contributed by atoms with E-state index < -0.39 is 24.4 Å². The van der Waals surface area contributed by atoms with Crippen LogP contribution in [-0.2, 0) is 11.3 Å². The SMILES string of the molecule is CNC(=O)c1ccc(COc2ccc([C@H]3OC(CO)CC(O)C3O)cc2)cc1. The third-order valence-corrected chi connectivity index (χ3v) is 4.81. The lowest BCUT2D eigenvalue weighted by Gasteiger charge is -2.36. The first-order valence-electron chi connectivity index (χ1n) is 9.18. The first kappa shape index (κ1) is 20.3. The zero-order valence-electron chi connectivity index (χ0n) is 15.6. The van der Waals surface area contributed by atoms with E-state index in [9.17, 15) is 20.1 Å². The summed E-state index contributed by atoms with van der Waals surface area (Å²) in [6.07, 6.45) is -2.99. The van der Waals surface area contributed by atoms with Crippen molar-refractivity contribution in [2.75, 3.05) is 13.7 Å². The molecule has 0 spiro atoms. The molecule has 0 bridgehead atoms. The number of rotatable bonds is 6. The molecule has 1 aliphatic rings. The molecule has 1 aliphatic heterocycles. The van der Waals surface area contributed by atoms with Crippen molar-refractivity contribution in [3.05, 3.63) is 65.2 Å². The number of carbonyl (C=O) groups is 1. The van der Waals surface area contributed by atoms with Crippen LogP contribution in [-0.4, -0.2) is 53.2 Å². The van der Waals surface area contributed by atoms with Crippen LogP contribution in [0, 0.1) is 0 Å². The highest BCUT2D eigenvalue weighted by Gasteiger charge is 2.37. The van der Waals surface area contributed by atoms with Crippen LogP contribution in [0.4, 0.5) is 0 Å². The Morgan fingerprint density at radius 3 is 2.43 bits per heavy atom. The van der Waals surface area contributed by atoms with Gasteiger partial charge in [-0.15, -0.1) is 0 Å². The molecule has 3 unspecified atom stereocenters. The Morgan fingerprint density at radius 2 is 1.82 bits per heavy atom. The second-order valence-corrected chi connectivity index (χ2v) is 6.79. The van der Waals surface area contributed by atoms with Gasteiger partial charge in [0.05, 0.1) is 18.8 Å². The Labute approximate surface area is 163 Å². The number of ether oxygens (including phenoxy) is 2. The van der Waals surface area contributed by atoms with E-state index in [1.165, 1.54) is 0 Å². The van der Waals surface area contributed by atoms with E-state index in [0.717, 1.165) is 5.56 Å². The number of aliphatic hydroxyl groups excluding tert-OH is 3. The Morgan fingerprint density at radius 1 is 1.14 bits per heavy atom. The molecule has 2 aromatic carbocycles. The van der Waals surface area contributed by atoms with Gasteiger partial charge in [0.25, 0.3) is 5.91 Å². The van der Waals surface area contributed by atoms with Gasteiger partial charge < -0.3 is 30.1 Å². The second-order valence-electron chi connectivity index (χ2n) is 6.79. The molecule has 28 heavy (non-hydrogen) atoms. The first-order valence-corrected chi connectivity index (χ1v) is 9.18. The zero-order valence-corrected chi connectivity index (χ0v) is 15.6. The predicted octanol–water partition coefficient (Wildman–Crippen LogP) is 1.17. The van der Waals surface area contributed by atoms with Gasteiger partial charge in [-0.3, -0.25) is 4.79 Å². The van der Waals surface area contributed by atoms with E-state index in [1.807, 2.05) is 12.1 Å². The maximum Gasteiger partial charge on any atom is 0.251 e. The fourth-order valence-electron chi connectivity index (χ4n) is 3.16. The van der Waals surface area contributed by atoms with Crippen molar-refractivity contribution in [1.82, 2.24) is 5.32 Å². The van der Waals surface area contributed by atoms with Crippen molar-refractivity contribution >= 4 is 5.91 Å². The molecule has 1 amide bonds. The number of nitrogens with one attached hydrogen (secondary N) is 1. The van der Waals surface area contributed by atoms with Gasteiger partial charge in [-0.05, 0) is 35.4 Å². The molecule has 0 aromatic heterocycles. The molecule has 0 radical (unpaired) electrons. The van der Waals surface area contributed by atoms with Gasteiger partial charge in [0.15, 0.2) is 0 Å². The maximum absolute atomic E-state index is 11.5. The molecule has 7 nitrogen and oxygen atoms in total. The van der Waals surface area contributed by atoms with Crippen molar-refractivity contribution in [3.8, 4) is 5.75 Å². The van der Waals surface area contributed by atoms with E-state index in [0.29, 0.717) is 23.5 Å². The number of hydrogen-bond acceptors (Lipinski definition) is 6. The van der Waals surface area contributed by atoms with Crippen molar-refractivity contribution in [2.45, 2.75) is 37.4 Å².